The molecular weight excluding hydrogens is 260 g/mol. The van der Waals surface area contributed by atoms with Crippen LogP contribution in [0.4, 0.5) is 0 Å². The van der Waals surface area contributed by atoms with Gasteiger partial charge in [0.15, 0.2) is 0 Å². The monoisotopic (exact) mass is 282 g/mol. The first-order chi connectivity index (χ1) is 9.15. The summed E-state index contributed by atoms with van der Waals surface area (Å²) in [6.45, 7) is 5.86. The average Bonchev–Trinajstić information content (AvgIpc) is 2.95. The van der Waals surface area contributed by atoms with Crippen LogP contribution in [0.5, 0.6) is 0 Å². The van der Waals surface area contributed by atoms with Gasteiger partial charge in [0.25, 0.3) is 5.91 Å². The van der Waals surface area contributed by atoms with Crippen molar-refractivity contribution in [2.45, 2.75) is 39.5 Å². The molecule has 4 nitrogen and oxygen atoms in total. The summed E-state index contributed by atoms with van der Waals surface area (Å²) in [5.41, 5.74) is 2.68. The van der Waals surface area contributed by atoms with Crippen molar-refractivity contribution in [2.75, 3.05) is 19.7 Å². The number of rotatable bonds is 4. The Labute approximate surface area is 118 Å². The number of aromatic nitrogens is 1. The number of amides is 1. The molecule has 106 valence electrons. The summed E-state index contributed by atoms with van der Waals surface area (Å²) < 4.78 is 0. The number of piperidine rings is 1. The van der Waals surface area contributed by atoms with E-state index in [2.05, 4.69) is 11.9 Å². The second kappa shape index (κ2) is 6.01. The smallest absolute Gasteiger partial charge is 0.265 e. The number of hydrogen-bond donors (Lipinski definition) is 1. The minimum Gasteiger partial charge on any atom is -0.396 e. The molecule has 1 fully saturated rings. The fourth-order valence-corrected chi connectivity index (χ4v) is 3.49. The van der Waals surface area contributed by atoms with Gasteiger partial charge in [-0.25, -0.2) is 4.98 Å². The molecule has 0 atom stereocenters. The first-order valence-corrected chi connectivity index (χ1v) is 7.86. The minimum atomic E-state index is 0.0259. The van der Waals surface area contributed by atoms with Crippen molar-refractivity contribution in [1.29, 1.82) is 0 Å². The number of thiazole rings is 1. The number of carbonyl (C=O) groups excluding carboxylic acids is 1. The van der Waals surface area contributed by atoms with Crippen LogP contribution < -0.4 is 0 Å². The zero-order valence-electron chi connectivity index (χ0n) is 11.7. The van der Waals surface area contributed by atoms with Gasteiger partial charge < -0.3 is 10.0 Å². The Morgan fingerprint density at radius 3 is 2.68 bits per heavy atom. The normalized spacial score (nSPS) is 18.6. The fourth-order valence-electron chi connectivity index (χ4n) is 2.65. The Balaban J connectivity index is 2.04. The summed E-state index contributed by atoms with van der Waals surface area (Å²) in [7, 11) is 0. The molecule has 1 N–H and O–H groups in total. The van der Waals surface area contributed by atoms with Gasteiger partial charge in [-0.2, -0.15) is 0 Å². The highest BCUT2D eigenvalue weighted by atomic mass is 32.1. The maximum Gasteiger partial charge on any atom is 0.265 e. The van der Waals surface area contributed by atoms with E-state index in [9.17, 15) is 9.90 Å². The molecule has 19 heavy (non-hydrogen) atoms. The third kappa shape index (κ3) is 2.82. The van der Waals surface area contributed by atoms with E-state index >= 15 is 0 Å². The van der Waals surface area contributed by atoms with Crippen molar-refractivity contribution in [2.24, 2.45) is 5.41 Å². The van der Waals surface area contributed by atoms with Gasteiger partial charge in [-0.15, -0.1) is 11.3 Å². The third-order valence-corrected chi connectivity index (χ3v) is 5.22. The third-order valence-electron chi connectivity index (χ3n) is 4.37. The number of aryl methyl sites for hydroxylation is 1. The molecule has 1 aromatic rings. The summed E-state index contributed by atoms with van der Waals surface area (Å²) in [4.78, 5) is 19.4. The molecular formula is C14H22N2O2S. The van der Waals surface area contributed by atoms with Gasteiger partial charge in [0, 0.05) is 19.7 Å². The molecule has 0 radical (unpaired) electrons. The zero-order valence-corrected chi connectivity index (χ0v) is 12.5. The van der Waals surface area contributed by atoms with E-state index in [1.54, 1.807) is 5.51 Å². The molecule has 1 aliphatic heterocycles. The van der Waals surface area contributed by atoms with Crippen LogP contribution in [0.1, 0.15) is 48.5 Å². The molecule has 0 bridgehead atoms. The second-order valence-electron chi connectivity index (χ2n) is 5.29. The SMILES string of the molecule is CCc1ncsc1C(=O)N1CCC(CC)(CO)CC1. The molecule has 0 spiro atoms. The maximum atomic E-state index is 12.5. The number of aliphatic hydroxyl groups excluding tert-OH is 1. The molecule has 5 heteroatoms. The number of hydrogen-bond acceptors (Lipinski definition) is 4. The highest BCUT2D eigenvalue weighted by molar-refractivity contribution is 7.11. The lowest BCUT2D eigenvalue weighted by molar-refractivity contribution is 0.0340. The summed E-state index contributed by atoms with van der Waals surface area (Å²) in [6, 6.07) is 0. The van der Waals surface area contributed by atoms with E-state index in [1.165, 1.54) is 11.3 Å². The maximum absolute atomic E-state index is 12.5. The Kier molecular flexibility index (Phi) is 4.58. The lowest BCUT2D eigenvalue weighted by atomic mass is 9.77. The molecule has 1 saturated heterocycles. The Hall–Kier alpha value is -0.940. The largest absolute Gasteiger partial charge is 0.396 e. The second-order valence-corrected chi connectivity index (χ2v) is 6.14. The van der Waals surface area contributed by atoms with Gasteiger partial charge in [0.1, 0.15) is 4.88 Å². The van der Waals surface area contributed by atoms with Crippen molar-refractivity contribution >= 4 is 17.2 Å². The highest BCUT2D eigenvalue weighted by Crippen LogP contribution is 2.35. The van der Waals surface area contributed by atoms with Gasteiger partial charge >= 0.3 is 0 Å². The van der Waals surface area contributed by atoms with E-state index < -0.39 is 0 Å². The van der Waals surface area contributed by atoms with Gasteiger partial charge in [-0.1, -0.05) is 13.8 Å². The van der Waals surface area contributed by atoms with Crippen LogP contribution in [-0.2, 0) is 6.42 Å². The first-order valence-electron chi connectivity index (χ1n) is 6.98. The molecule has 0 aliphatic carbocycles. The van der Waals surface area contributed by atoms with Crippen LogP contribution in [0, 0.1) is 5.41 Å². The number of carbonyl (C=O) groups is 1. The topological polar surface area (TPSA) is 53.4 Å². The number of nitrogens with zero attached hydrogens (tertiary/aromatic N) is 2. The van der Waals surface area contributed by atoms with Crippen molar-refractivity contribution in [1.82, 2.24) is 9.88 Å². The van der Waals surface area contributed by atoms with E-state index in [-0.39, 0.29) is 17.9 Å². The van der Waals surface area contributed by atoms with Crippen molar-refractivity contribution in [3.63, 3.8) is 0 Å². The van der Waals surface area contributed by atoms with Gasteiger partial charge in [-0.3, -0.25) is 4.79 Å². The van der Waals surface area contributed by atoms with Crippen LogP contribution in [0.25, 0.3) is 0 Å². The molecule has 2 rings (SSSR count). The molecule has 1 aliphatic rings. The van der Waals surface area contributed by atoms with Crippen molar-refractivity contribution < 1.29 is 9.90 Å². The number of likely N-dealkylation sites (tertiary alicyclic amines) is 1. The van der Waals surface area contributed by atoms with E-state index in [1.807, 2.05) is 11.8 Å². The van der Waals surface area contributed by atoms with E-state index in [0.717, 1.165) is 49.3 Å². The predicted molar refractivity (Wildman–Crippen MR) is 76.4 cm³/mol. The van der Waals surface area contributed by atoms with Crippen LogP contribution in [0.2, 0.25) is 0 Å². The lowest BCUT2D eigenvalue weighted by Crippen LogP contribution is -2.44. The lowest BCUT2D eigenvalue weighted by Gasteiger charge is -2.40. The van der Waals surface area contributed by atoms with Crippen molar-refractivity contribution in [3.05, 3.63) is 16.1 Å². The van der Waals surface area contributed by atoms with Crippen molar-refractivity contribution in [3.8, 4) is 0 Å². The quantitative estimate of drug-likeness (QED) is 0.922. The summed E-state index contributed by atoms with van der Waals surface area (Å²) in [6.07, 6.45) is 3.57. The Morgan fingerprint density at radius 1 is 1.47 bits per heavy atom. The predicted octanol–water partition coefficient (Wildman–Crippen LogP) is 2.33. The van der Waals surface area contributed by atoms with Crippen LogP contribution >= 0.6 is 11.3 Å². The van der Waals surface area contributed by atoms with Gasteiger partial charge in [-0.05, 0) is 31.1 Å². The van der Waals surface area contributed by atoms with Crippen LogP contribution in [0.3, 0.4) is 0 Å². The minimum absolute atomic E-state index is 0.0259. The summed E-state index contributed by atoms with van der Waals surface area (Å²) in [5, 5.41) is 9.52. The van der Waals surface area contributed by atoms with Gasteiger partial charge in [0.05, 0.1) is 11.2 Å². The van der Waals surface area contributed by atoms with Crippen LogP contribution in [-0.4, -0.2) is 40.6 Å². The standard InChI is InChI=1S/C14H22N2O2S/c1-3-11-12(19-10-15-11)13(18)16-7-5-14(4-2,9-17)6-8-16/h10,17H,3-9H2,1-2H3. The fraction of sp³-hybridized carbons (Fsp3) is 0.714. The zero-order chi connectivity index (χ0) is 13.9. The molecule has 0 unspecified atom stereocenters. The molecule has 1 aromatic heterocycles. The van der Waals surface area contributed by atoms with E-state index in [4.69, 9.17) is 0 Å². The van der Waals surface area contributed by atoms with Crippen LogP contribution in [0.15, 0.2) is 5.51 Å². The molecule has 0 saturated carbocycles. The number of aliphatic hydroxyl groups is 1. The first kappa shape index (κ1) is 14.5. The Bertz CT molecular complexity index is 430. The molecule has 1 amide bonds. The highest BCUT2D eigenvalue weighted by Gasteiger charge is 2.34. The van der Waals surface area contributed by atoms with E-state index in [0.29, 0.717) is 0 Å². The molecule has 0 aromatic carbocycles. The average molecular weight is 282 g/mol. The molecule has 2 heterocycles. The van der Waals surface area contributed by atoms with Gasteiger partial charge in [0.2, 0.25) is 0 Å². The summed E-state index contributed by atoms with van der Waals surface area (Å²) >= 11 is 1.44. The summed E-state index contributed by atoms with van der Waals surface area (Å²) in [5.74, 6) is 0.113. The Morgan fingerprint density at radius 2 is 2.16 bits per heavy atom.